The Labute approximate surface area is 499 Å². The van der Waals surface area contributed by atoms with Crippen LogP contribution in [0.25, 0.3) is 0 Å². The first kappa shape index (κ1) is 76.3. The number of ether oxygens (including phenoxy) is 3. The Kier molecular flexibility index (Phi) is 63.9. The zero-order valence-corrected chi connectivity index (χ0v) is 52.5. The van der Waals surface area contributed by atoms with E-state index in [-0.39, 0.29) is 31.1 Å². The van der Waals surface area contributed by atoms with Crippen LogP contribution in [0.1, 0.15) is 290 Å². The van der Waals surface area contributed by atoms with Crippen LogP contribution in [0.2, 0.25) is 0 Å². The van der Waals surface area contributed by atoms with E-state index in [1.165, 1.54) is 109 Å². The van der Waals surface area contributed by atoms with Gasteiger partial charge in [-0.1, -0.05) is 276 Å². The molecule has 0 saturated carbocycles. The number of hydrogen-bond acceptors (Lipinski definition) is 6. The van der Waals surface area contributed by atoms with Gasteiger partial charge in [-0.2, -0.15) is 0 Å². The molecule has 6 nitrogen and oxygen atoms in total. The number of esters is 3. The zero-order valence-electron chi connectivity index (χ0n) is 52.5. The van der Waals surface area contributed by atoms with Crippen LogP contribution in [-0.2, 0) is 28.6 Å². The van der Waals surface area contributed by atoms with Gasteiger partial charge in [0.05, 0.1) is 0 Å². The molecule has 0 aliphatic heterocycles. The molecule has 6 heteroatoms. The second-order valence-electron chi connectivity index (χ2n) is 21.6. The van der Waals surface area contributed by atoms with Gasteiger partial charge in [0, 0.05) is 19.3 Å². The van der Waals surface area contributed by atoms with Gasteiger partial charge < -0.3 is 14.2 Å². The monoisotopic (exact) mass is 1120 g/mol. The minimum atomic E-state index is -0.810. The van der Waals surface area contributed by atoms with Crippen LogP contribution in [0.15, 0.2) is 146 Å². The summed E-state index contributed by atoms with van der Waals surface area (Å²) in [6.45, 7) is 6.36. The van der Waals surface area contributed by atoms with Crippen molar-refractivity contribution in [1.29, 1.82) is 0 Å². The summed E-state index contributed by atoms with van der Waals surface area (Å²) in [7, 11) is 0. The lowest BCUT2D eigenvalue weighted by Gasteiger charge is -2.18. The SMILES string of the molecule is CC/C=C\C/C=C\C/C=C\C/C=C\C/C=C\CCCCCCCCCCCC(=O)OCC(COC(=O)CCCC/C=C\C/C=C\C/C=C\C/C=C\CC)OC(=O)CCCCCCCCCC/C=C\C/C=C\C/C=C\CCCCCCC. The van der Waals surface area contributed by atoms with E-state index in [1.54, 1.807) is 0 Å². The number of rotatable bonds is 59. The van der Waals surface area contributed by atoms with Crippen molar-refractivity contribution >= 4 is 17.9 Å². The molecule has 0 saturated heterocycles. The summed E-state index contributed by atoms with van der Waals surface area (Å²) in [6, 6.07) is 0. The number of carbonyl (C=O) groups excluding carboxylic acids is 3. The van der Waals surface area contributed by atoms with Crippen molar-refractivity contribution in [3.8, 4) is 0 Å². The second-order valence-corrected chi connectivity index (χ2v) is 21.6. The Balaban J connectivity index is 4.43. The molecule has 0 aromatic heterocycles. The lowest BCUT2D eigenvalue weighted by atomic mass is 10.1. The number of hydrogen-bond donors (Lipinski definition) is 0. The summed E-state index contributed by atoms with van der Waals surface area (Å²) < 4.78 is 16.9. The van der Waals surface area contributed by atoms with Gasteiger partial charge in [0.25, 0.3) is 0 Å². The first-order valence-corrected chi connectivity index (χ1v) is 33.3. The quantitative estimate of drug-likeness (QED) is 0.0261. The summed E-state index contributed by atoms with van der Waals surface area (Å²) in [5, 5.41) is 0. The number of unbranched alkanes of at least 4 members (excludes halogenated alkanes) is 24. The average molecular weight is 1120 g/mol. The predicted octanol–water partition coefficient (Wildman–Crippen LogP) is 23.1. The van der Waals surface area contributed by atoms with Crippen molar-refractivity contribution in [2.24, 2.45) is 0 Å². The maximum Gasteiger partial charge on any atom is 0.306 e. The molecular formula is C75H122O6. The van der Waals surface area contributed by atoms with Crippen LogP contribution >= 0.6 is 0 Å². The highest BCUT2D eigenvalue weighted by molar-refractivity contribution is 5.71. The van der Waals surface area contributed by atoms with E-state index in [0.717, 1.165) is 141 Å². The van der Waals surface area contributed by atoms with Gasteiger partial charge in [-0.3, -0.25) is 14.4 Å². The van der Waals surface area contributed by atoms with E-state index in [0.29, 0.717) is 19.3 Å². The summed E-state index contributed by atoms with van der Waals surface area (Å²) in [4.78, 5) is 38.4. The molecule has 1 unspecified atom stereocenters. The molecule has 0 N–H and O–H groups in total. The standard InChI is InChI=1S/C75H122O6/c1-4-7-10-13-16-19-22-25-28-30-32-34-36-37-39-40-42-44-47-50-53-56-59-62-65-68-74(77)80-71-72(70-79-73(76)67-64-61-58-55-52-49-46-27-24-21-18-15-12-9-6-3)81-75(78)69-66-63-60-57-54-51-48-45-43-41-38-35-33-31-29-26-23-20-17-14-11-8-5-2/h7,9-10,12,16,18-19,21,23,25-28,31-34,37-39,41,46,52,55,72H,4-6,8,11,13-15,17,20,22,24,29-30,35-36,40,42-45,47-51,53-54,56-71H2,1-3H3/b10-7-,12-9-,19-16-,21-18-,26-23-,28-25-,33-31-,34-32-,39-37-,41-38-,46-27-,55-52-. The molecule has 458 valence electrons. The molecule has 0 rings (SSSR count). The van der Waals surface area contributed by atoms with Crippen molar-refractivity contribution in [2.75, 3.05) is 13.2 Å². The highest BCUT2D eigenvalue weighted by Crippen LogP contribution is 2.15. The Hall–Kier alpha value is -4.71. The molecule has 0 heterocycles. The van der Waals surface area contributed by atoms with Gasteiger partial charge in [0.15, 0.2) is 6.10 Å². The van der Waals surface area contributed by atoms with E-state index in [9.17, 15) is 14.4 Å². The third-order valence-electron chi connectivity index (χ3n) is 13.8. The highest BCUT2D eigenvalue weighted by Gasteiger charge is 2.19. The first-order valence-electron chi connectivity index (χ1n) is 33.3. The Morgan fingerprint density at radius 3 is 0.778 bits per heavy atom. The normalized spacial score (nSPS) is 13.1. The van der Waals surface area contributed by atoms with E-state index in [2.05, 4.69) is 167 Å². The molecule has 0 amide bonds. The minimum absolute atomic E-state index is 0.102. The fraction of sp³-hybridized carbons (Fsp3) is 0.640. The van der Waals surface area contributed by atoms with Gasteiger partial charge >= 0.3 is 17.9 Å². The van der Waals surface area contributed by atoms with E-state index < -0.39 is 6.10 Å². The molecule has 0 aliphatic rings. The minimum Gasteiger partial charge on any atom is -0.462 e. The first-order chi connectivity index (χ1) is 40.0. The molecule has 0 aromatic rings. The fourth-order valence-corrected chi connectivity index (χ4v) is 8.88. The molecule has 0 radical (unpaired) electrons. The smallest absolute Gasteiger partial charge is 0.306 e. The Morgan fingerprint density at radius 2 is 0.481 bits per heavy atom. The van der Waals surface area contributed by atoms with Gasteiger partial charge in [0.1, 0.15) is 13.2 Å². The predicted molar refractivity (Wildman–Crippen MR) is 352 cm³/mol. The molecule has 0 spiro atoms. The van der Waals surface area contributed by atoms with Gasteiger partial charge in [0.2, 0.25) is 0 Å². The lowest BCUT2D eigenvalue weighted by molar-refractivity contribution is -0.167. The molecular weight excluding hydrogens is 997 g/mol. The van der Waals surface area contributed by atoms with Crippen molar-refractivity contribution in [1.82, 2.24) is 0 Å². The van der Waals surface area contributed by atoms with E-state index in [4.69, 9.17) is 14.2 Å². The third kappa shape index (κ3) is 66.0. The topological polar surface area (TPSA) is 78.9 Å². The summed E-state index contributed by atoms with van der Waals surface area (Å²) >= 11 is 0. The molecule has 0 fully saturated rings. The van der Waals surface area contributed by atoms with Crippen molar-refractivity contribution in [2.45, 2.75) is 297 Å². The number of carbonyl (C=O) groups is 3. The maximum atomic E-state index is 12.9. The maximum absolute atomic E-state index is 12.9. The van der Waals surface area contributed by atoms with Crippen LogP contribution in [0.3, 0.4) is 0 Å². The third-order valence-corrected chi connectivity index (χ3v) is 13.8. The van der Waals surface area contributed by atoms with Crippen LogP contribution < -0.4 is 0 Å². The molecule has 0 aromatic carbocycles. The summed E-state index contributed by atoms with van der Waals surface area (Å²) in [5.74, 6) is -0.956. The summed E-state index contributed by atoms with van der Waals surface area (Å²) in [5.41, 5.74) is 0. The van der Waals surface area contributed by atoms with Gasteiger partial charge in [-0.15, -0.1) is 0 Å². The molecule has 0 aliphatic carbocycles. The Bertz CT molecular complexity index is 1760. The van der Waals surface area contributed by atoms with Crippen molar-refractivity contribution < 1.29 is 28.6 Å². The van der Waals surface area contributed by atoms with Crippen LogP contribution in [0.4, 0.5) is 0 Å². The van der Waals surface area contributed by atoms with Crippen LogP contribution in [0.5, 0.6) is 0 Å². The lowest BCUT2D eigenvalue weighted by Crippen LogP contribution is -2.30. The second kappa shape index (κ2) is 67.8. The fourth-order valence-electron chi connectivity index (χ4n) is 8.88. The van der Waals surface area contributed by atoms with Gasteiger partial charge in [-0.05, 0) is 141 Å². The van der Waals surface area contributed by atoms with Crippen LogP contribution in [0, 0.1) is 0 Å². The zero-order chi connectivity index (χ0) is 58.5. The van der Waals surface area contributed by atoms with Crippen molar-refractivity contribution in [3.63, 3.8) is 0 Å². The molecule has 0 bridgehead atoms. The van der Waals surface area contributed by atoms with Crippen molar-refractivity contribution in [3.05, 3.63) is 146 Å². The highest BCUT2D eigenvalue weighted by atomic mass is 16.6. The molecule has 1 atom stereocenters. The molecule has 81 heavy (non-hydrogen) atoms. The largest absolute Gasteiger partial charge is 0.462 e. The van der Waals surface area contributed by atoms with E-state index >= 15 is 0 Å². The average Bonchev–Trinajstić information content (AvgIpc) is 3.47. The number of allylic oxidation sites excluding steroid dienone is 24. The van der Waals surface area contributed by atoms with Gasteiger partial charge in [-0.25, -0.2) is 0 Å². The van der Waals surface area contributed by atoms with Crippen LogP contribution in [-0.4, -0.2) is 37.2 Å². The Morgan fingerprint density at radius 1 is 0.259 bits per heavy atom. The van der Waals surface area contributed by atoms with E-state index in [1.807, 2.05) is 0 Å². The summed E-state index contributed by atoms with van der Waals surface area (Å²) in [6.07, 6.45) is 97.1.